The Kier molecular flexibility index (Phi) is 7.04. The number of hydrogen-bond donors (Lipinski definition) is 2. The van der Waals surface area contributed by atoms with Gasteiger partial charge in [-0.3, -0.25) is 9.59 Å². The summed E-state index contributed by atoms with van der Waals surface area (Å²) in [4.78, 5) is 26.3. The lowest BCUT2D eigenvalue weighted by Crippen LogP contribution is -2.54. The van der Waals surface area contributed by atoms with E-state index in [4.69, 9.17) is 5.73 Å². The molecule has 2 unspecified atom stereocenters. The molecule has 1 aliphatic rings. The second-order valence-electron chi connectivity index (χ2n) is 5.91. The molecule has 2 atom stereocenters. The molecule has 1 heterocycles. The molecule has 5 nitrogen and oxygen atoms in total. The topological polar surface area (TPSA) is 75.4 Å². The Morgan fingerprint density at radius 1 is 1.35 bits per heavy atom. The van der Waals surface area contributed by atoms with Gasteiger partial charge in [0.25, 0.3) is 0 Å². The molecule has 1 saturated heterocycles. The summed E-state index contributed by atoms with van der Waals surface area (Å²) < 4.78 is 0.942. The highest BCUT2D eigenvalue weighted by molar-refractivity contribution is 9.10. The van der Waals surface area contributed by atoms with E-state index in [1.54, 1.807) is 18.9 Å². The van der Waals surface area contributed by atoms with Gasteiger partial charge in [0.1, 0.15) is 5.54 Å². The number of carbonyl (C=O) groups excluding carboxylic acids is 2. The SMILES string of the molecule is CNC(=O)C1CCCN(C(=O)C(C)(N)c2ccc(Br)cc2)C1.Cl. The summed E-state index contributed by atoms with van der Waals surface area (Å²) in [7, 11) is 1.62. The van der Waals surface area contributed by atoms with Crippen LogP contribution in [0, 0.1) is 5.92 Å². The van der Waals surface area contributed by atoms with Crippen molar-refractivity contribution in [1.82, 2.24) is 10.2 Å². The fraction of sp³-hybridized carbons (Fsp3) is 0.500. The molecular weight excluding hydrogens is 382 g/mol. The number of nitrogens with zero attached hydrogens (tertiary/aromatic N) is 1. The second kappa shape index (κ2) is 8.13. The second-order valence-corrected chi connectivity index (χ2v) is 6.83. The first-order valence-corrected chi connectivity index (χ1v) is 8.21. The number of amides is 2. The molecule has 0 saturated carbocycles. The summed E-state index contributed by atoms with van der Waals surface area (Å²) in [6.07, 6.45) is 1.63. The maximum atomic E-state index is 12.8. The third-order valence-electron chi connectivity index (χ3n) is 4.21. The predicted octanol–water partition coefficient (Wildman–Crippen LogP) is 2.03. The Labute approximate surface area is 151 Å². The standard InChI is InChI=1S/C16H22BrN3O2.ClH/c1-16(18,12-5-7-13(17)8-6-12)15(22)20-9-3-4-11(10-20)14(21)19-2;/h5-8,11H,3-4,9-10,18H2,1-2H3,(H,19,21);1H. The fourth-order valence-electron chi connectivity index (χ4n) is 2.83. The molecule has 0 radical (unpaired) electrons. The minimum absolute atomic E-state index is 0. The largest absolute Gasteiger partial charge is 0.359 e. The first-order chi connectivity index (χ1) is 10.4. The van der Waals surface area contributed by atoms with Gasteiger partial charge in [-0.1, -0.05) is 28.1 Å². The maximum Gasteiger partial charge on any atom is 0.246 e. The van der Waals surface area contributed by atoms with Crippen LogP contribution in [0.1, 0.15) is 25.3 Å². The maximum absolute atomic E-state index is 12.8. The molecule has 1 aliphatic heterocycles. The summed E-state index contributed by atoms with van der Waals surface area (Å²) in [5, 5.41) is 2.66. The lowest BCUT2D eigenvalue weighted by molar-refractivity contribution is -0.140. The van der Waals surface area contributed by atoms with E-state index in [1.165, 1.54) is 0 Å². The van der Waals surface area contributed by atoms with E-state index in [0.717, 1.165) is 22.9 Å². The summed E-state index contributed by atoms with van der Waals surface area (Å²) in [6, 6.07) is 7.44. The first-order valence-electron chi connectivity index (χ1n) is 7.42. The number of nitrogens with one attached hydrogen (secondary N) is 1. The van der Waals surface area contributed by atoms with Crippen molar-refractivity contribution in [2.24, 2.45) is 11.7 Å². The Balaban J connectivity index is 0.00000264. The van der Waals surface area contributed by atoms with E-state index in [-0.39, 0.29) is 30.1 Å². The molecule has 7 heteroatoms. The van der Waals surface area contributed by atoms with Gasteiger partial charge >= 0.3 is 0 Å². The van der Waals surface area contributed by atoms with Crippen LogP contribution < -0.4 is 11.1 Å². The van der Waals surface area contributed by atoms with Crippen molar-refractivity contribution < 1.29 is 9.59 Å². The number of benzene rings is 1. The van der Waals surface area contributed by atoms with Crippen LogP contribution in [0.3, 0.4) is 0 Å². The highest BCUT2D eigenvalue weighted by Crippen LogP contribution is 2.25. The predicted molar refractivity (Wildman–Crippen MR) is 96.3 cm³/mol. The molecule has 0 aromatic heterocycles. The van der Waals surface area contributed by atoms with Gasteiger partial charge in [0, 0.05) is 24.6 Å². The minimum Gasteiger partial charge on any atom is -0.359 e. The first kappa shape index (κ1) is 19.9. The van der Waals surface area contributed by atoms with Crippen LogP contribution in [-0.2, 0) is 15.1 Å². The van der Waals surface area contributed by atoms with E-state index in [2.05, 4.69) is 21.2 Å². The normalized spacial score (nSPS) is 20.2. The highest BCUT2D eigenvalue weighted by Gasteiger charge is 2.37. The van der Waals surface area contributed by atoms with Crippen LogP contribution in [0.15, 0.2) is 28.7 Å². The fourth-order valence-corrected chi connectivity index (χ4v) is 3.09. The summed E-state index contributed by atoms with van der Waals surface area (Å²) in [6.45, 7) is 2.81. The lowest BCUT2D eigenvalue weighted by atomic mass is 9.89. The minimum atomic E-state index is -1.09. The number of likely N-dealkylation sites (tertiary alicyclic amines) is 1. The van der Waals surface area contributed by atoms with Crippen LogP contribution in [-0.4, -0.2) is 36.9 Å². The van der Waals surface area contributed by atoms with Crippen molar-refractivity contribution in [2.45, 2.75) is 25.3 Å². The molecule has 2 amide bonds. The van der Waals surface area contributed by atoms with Gasteiger partial charge < -0.3 is 16.0 Å². The summed E-state index contributed by atoms with van der Waals surface area (Å²) in [5.41, 5.74) is 5.98. The van der Waals surface area contributed by atoms with Crippen molar-refractivity contribution in [2.75, 3.05) is 20.1 Å². The average Bonchev–Trinajstić information content (AvgIpc) is 2.53. The van der Waals surface area contributed by atoms with E-state index < -0.39 is 5.54 Å². The molecule has 0 bridgehead atoms. The van der Waals surface area contributed by atoms with E-state index in [9.17, 15) is 9.59 Å². The van der Waals surface area contributed by atoms with Gasteiger partial charge in [0.15, 0.2) is 0 Å². The Morgan fingerprint density at radius 3 is 2.52 bits per heavy atom. The number of nitrogens with two attached hydrogens (primary N) is 1. The Bertz CT molecular complexity index is 563. The number of rotatable bonds is 3. The summed E-state index contributed by atoms with van der Waals surface area (Å²) >= 11 is 3.38. The van der Waals surface area contributed by atoms with Crippen LogP contribution in [0.5, 0.6) is 0 Å². The lowest BCUT2D eigenvalue weighted by Gasteiger charge is -2.37. The molecule has 1 aromatic carbocycles. The van der Waals surface area contributed by atoms with Gasteiger partial charge in [-0.15, -0.1) is 12.4 Å². The number of halogens is 2. The van der Waals surface area contributed by atoms with Crippen molar-refractivity contribution in [3.8, 4) is 0 Å². The van der Waals surface area contributed by atoms with Gasteiger partial charge in [-0.05, 0) is 37.5 Å². The Morgan fingerprint density at radius 2 is 1.96 bits per heavy atom. The van der Waals surface area contributed by atoms with Crippen LogP contribution in [0.25, 0.3) is 0 Å². The third-order valence-corrected chi connectivity index (χ3v) is 4.74. The van der Waals surface area contributed by atoms with E-state index in [1.807, 2.05) is 24.3 Å². The third kappa shape index (κ3) is 4.46. The zero-order chi connectivity index (χ0) is 16.3. The zero-order valence-electron chi connectivity index (χ0n) is 13.3. The smallest absolute Gasteiger partial charge is 0.246 e. The number of carbonyl (C=O) groups is 2. The van der Waals surface area contributed by atoms with Crippen LogP contribution >= 0.6 is 28.3 Å². The molecule has 3 N–H and O–H groups in total. The van der Waals surface area contributed by atoms with Crippen molar-refractivity contribution >= 4 is 40.2 Å². The number of hydrogen-bond acceptors (Lipinski definition) is 3. The van der Waals surface area contributed by atoms with Crippen molar-refractivity contribution in [3.63, 3.8) is 0 Å². The highest BCUT2D eigenvalue weighted by atomic mass is 79.9. The van der Waals surface area contributed by atoms with Gasteiger partial charge in [-0.25, -0.2) is 0 Å². The molecule has 128 valence electrons. The molecular formula is C16H23BrClN3O2. The van der Waals surface area contributed by atoms with Crippen LogP contribution in [0.4, 0.5) is 0 Å². The van der Waals surface area contributed by atoms with E-state index >= 15 is 0 Å². The van der Waals surface area contributed by atoms with Crippen LogP contribution in [0.2, 0.25) is 0 Å². The molecule has 23 heavy (non-hydrogen) atoms. The van der Waals surface area contributed by atoms with Crippen molar-refractivity contribution in [3.05, 3.63) is 34.3 Å². The van der Waals surface area contributed by atoms with E-state index in [0.29, 0.717) is 13.1 Å². The molecule has 1 fully saturated rings. The quantitative estimate of drug-likeness (QED) is 0.809. The van der Waals surface area contributed by atoms with Crippen molar-refractivity contribution in [1.29, 1.82) is 0 Å². The zero-order valence-corrected chi connectivity index (χ0v) is 15.7. The molecule has 1 aromatic rings. The van der Waals surface area contributed by atoms with Gasteiger partial charge in [0.2, 0.25) is 11.8 Å². The van der Waals surface area contributed by atoms with Gasteiger partial charge in [0.05, 0.1) is 5.92 Å². The molecule has 2 rings (SSSR count). The monoisotopic (exact) mass is 403 g/mol. The Hall–Kier alpha value is -1.11. The van der Waals surface area contributed by atoms with Gasteiger partial charge in [-0.2, -0.15) is 0 Å². The summed E-state index contributed by atoms with van der Waals surface area (Å²) in [5.74, 6) is -0.299. The molecule has 0 spiro atoms. The molecule has 0 aliphatic carbocycles. The number of piperidine rings is 1. The average molecular weight is 405 g/mol.